The molecule has 0 bridgehead atoms. The third kappa shape index (κ3) is 3.60. The maximum absolute atomic E-state index is 13.2. The summed E-state index contributed by atoms with van der Waals surface area (Å²) in [5.41, 5.74) is 2.66. The standard InChI is InChI=1S/C26H23NO5/c1-16-8-7-9-17(14-16)23-22(24(28)18-12-13-20(31-2)21(15-18)32-3)25(29)26(30)27(23)19-10-5-4-6-11-19/h4-15,23,28H,1-3H3/b24-22-. The monoisotopic (exact) mass is 429 g/mol. The Morgan fingerprint density at radius 3 is 2.25 bits per heavy atom. The fraction of sp³-hybridized carbons (Fsp3) is 0.154. The van der Waals surface area contributed by atoms with E-state index in [1.54, 1.807) is 42.5 Å². The number of para-hydroxylation sites is 1. The molecular formula is C26H23NO5. The molecule has 1 aliphatic heterocycles. The number of aliphatic hydroxyl groups is 1. The summed E-state index contributed by atoms with van der Waals surface area (Å²) in [6.45, 7) is 1.94. The summed E-state index contributed by atoms with van der Waals surface area (Å²) in [5.74, 6) is -0.809. The molecule has 162 valence electrons. The van der Waals surface area contributed by atoms with E-state index in [0.717, 1.165) is 11.1 Å². The second-order valence-electron chi connectivity index (χ2n) is 7.49. The Bertz CT molecular complexity index is 1220. The summed E-state index contributed by atoms with van der Waals surface area (Å²) < 4.78 is 10.6. The van der Waals surface area contributed by atoms with Gasteiger partial charge in [-0.2, -0.15) is 0 Å². The summed E-state index contributed by atoms with van der Waals surface area (Å²) in [4.78, 5) is 27.7. The molecule has 0 radical (unpaired) electrons. The number of ether oxygens (including phenoxy) is 2. The minimum absolute atomic E-state index is 0.0247. The number of carbonyl (C=O) groups is 2. The molecule has 1 amide bonds. The van der Waals surface area contributed by atoms with Crippen molar-refractivity contribution in [2.45, 2.75) is 13.0 Å². The molecule has 0 aliphatic carbocycles. The van der Waals surface area contributed by atoms with E-state index in [9.17, 15) is 14.7 Å². The second-order valence-corrected chi connectivity index (χ2v) is 7.49. The number of aryl methyl sites for hydroxylation is 1. The van der Waals surface area contributed by atoms with Crippen LogP contribution in [0.15, 0.2) is 78.4 Å². The minimum Gasteiger partial charge on any atom is -0.507 e. The zero-order valence-corrected chi connectivity index (χ0v) is 18.0. The van der Waals surface area contributed by atoms with Crippen molar-refractivity contribution in [3.63, 3.8) is 0 Å². The van der Waals surface area contributed by atoms with E-state index in [-0.39, 0.29) is 11.3 Å². The maximum Gasteiger partial charge on any atom is 0.300 e. The van der Waals surface area contributed by atoms with Gasteiger partial charge in [-0.25, -0.2) is 0 Å². The normalized spacial score (nSPS) is 17.5. The van der Waals surface area contributed by atoms with Gasteiger partial charge in [-0.15, -0.1) is 0 Å². The van der Waals surface area contributed by atoms with Crippen LogP contribution < -0.4 is 14.4 Å². The van der Waals surface area contributed by atoms with Crippen LogP contribution in [0.5, 0.6) is 11.5 Å². The van der Waals surface area contributed by atoms with Gasteiger partial charge in [0.2, 0.25) is 0 Å². The third-order valence-electron chi connectivity index (χ3n) is 5.49. The van der Waals surface area contributed by atoms with Crippen molar-refractivity contribution in [3.05, 3.63) is 95.1 Å². The molecule has 0 aromatic heterocycles. The van der Waals surface area contributed by atoms with Crippen molar-refractivity contribution >= 4 is 23.1 Å². The first-order chi connectivity index (χ1) is 15.5. The molecule has 1 saturated heterocycles. The van der Waals surface area contributed by atoms with Gasteiger partial charge in [0, 0.05) is 11.3 Å². The number of aliphatic hydroxyl groups excluding tert-OH is 1. The fourth-order valence-electron chi connectivity index (χ4n) is 3.98. The molecule has 0 spiro atoms. The van der Waals surface area contributed by atoms with Crippen LogP contribution in [0.25, 0.3) is 5.76 Å². The van der Waals surface area contributed by atoms with E-state index in [4.69, 9.17) is 9.47 Å². The van der Waals surface area contributed by atoms with E-state index >= 15 is 0 Å². The Hall–Kier alpha value is -4.06. The van der Waals surface area contributed by atoms with Gasteiger partial charge >= 0.3 is 0 Å². The molecule has 3 aromatic carbocycles. The van der Waals surface area contributed by atoms with Crippen LogP contribution in [0, 0.1) is 6.92 Å². The van der Waals surface area contributed by atoms with E-state index in [1.165, 1.54) is 19.1 Å². The first-order valence-electron chi connectivity index (χ1n) is 10.1. The lowest BCUT2D eigenvalue weighted by Gasteiger charge is -2.25. The van der Waals surface area contributed by atoms with Crippen molar-refractivity contribution in [2.75, 3.05) is 19.1 Å². The molecule has 3 aromatic rings. The Morgan fingerprint density at radius 1 is 0.875 bits per heavy atom. The third-order valence-corrected chi connectivity index (χ3v) is 5.49. The van der Waals surface area contributed by atoms with Crippen molar-refractivity contribution in [2.24, 2.45) is 0 Å². The van der Waals surface area contributed by atoms with E-state index in [0.29, 0.717) is 22.7 Å². The zero-order valence-electron chi connectivity index (χ0n) is 18.0. The number of hydrogen-bond acceptors (Lipinski definition) is 5. The number of nitrogens with zero attached hydrogens (tertiary/aromatic N) is 1. The summed E-state index contributed by atoms with van der Waals surface area (Å²) in [7, 11) is 3.00. The van der Waals surface area contributed by atoms with Crippen LogP contribution >= 0.6 is 0 Å². The summed E-state index contributed by atoms with van der Waals surface area (Å²) in [6, 6.07) is 20.6. The first-order valence-corrected chi connectivity index (χ1v) is 10.1. The number of anilines is 1. The number of Topliss-reactive ketones (excluding diaryl/α,β-unsaturated/α-hetero) is 1. The summed E-state index contributed by atoms with van der Waals surface area (Å²) in [5, 5.41) is 11.2. The second kappa shape index (κ2) is 8.59. The van der Waals surface area contributed by atoms with Crippen molar-refractivity contribution in [1.82, 2.24) is 0 Å². The highest BCUT2D eigenvalue weighted by molar-refractivity contribution is 6.51. The first kappa shape index (κ1) is 21.2. The fourth-order valence-corrected chi connectivity index (χ4v) is 3.98. The van der Waals surface area contributed by atoms with Gasteiger partial charge in [0.25, 0.3) is 11.7 Å². The molecule has 4 rings (SSSR count). The van der Waals surface area contributed by atoms with Gasteiger partial charge in [-0.05, 0) is 42.8 Å². The van der Waals surface area contributed by atoms with Crippen molar-refractivity contribution < 1.29 is 24.2 Å². The predicted octanol–water partition coefficient (Wildman–Crippen LogP) is 4.64. The van der Waals surface area contributed by atoms with Crippen LogP contribution in [0.3, 0.4) is 0 Å². The minimum atomic E-state index is -0.773. The lowest BCUT2D eigenvalue weighted by molar-refractivity contribution is -0.132. The zero-order chi connectivity index (χ0) is 22.8. The summed E-state index contributed by atoms with van der Waals surface area (Å²) >= 11 is 0. The highest BCUT2D eigenvalue weighted by Crippen LogP contribution is 2.43. The molecule has 6 heteroatoms. The molecule has 1 atom stereocenters. The van der Waals surface area contributed by atoms with Gasteiger partial charge in [0.1, 0.15) is 5.76 Å². The topological polar surface area (TPSA) is 76.1 Å². The van der Waals surface area contributed by atoms with Crippen molar-refractivity contribution in [3.8, 4) is 11.5 Å². The van der Waals surface area contributed by atoms with Crippen LogP contribution in [-0.4, -0.2) is 31.0 Å². The Balaban J connectivity index is 1.94. The summed E-state index contributed by atoms with van der Waals surface area (Å²) in [6.07, 6.45) is 0. The van der Waals surface area contributed by atoms with Crippen LogP contribution in [-0.2, 0) is 9.59 Å². The van der Waals surface area contributed by atoms with E-state index < -0.39 is 17.7 Å². The average Bonchev–Trinajstić information content (AvgIpc) is 3.09. The lowest BCUT2D eigenvalue weighted by Crippen LogP contribution is -2.29. The molecule has 1 aliphatic rings. The quantitative estimate of drug-likeness (QED) is 0.363. The predicted molar refractivity (Wildman–Crippen MR) is 122 cm³/mol. The number of ketones is 1. The highest BCUT2D eigenvalue weighted by Gasteiger charge is 2.47. The highest BCUT2D eigenvalue weighted by atomic mass is 16.5. The average molecular weight is 429 g/mol. The van der Waals surface area contributed by atoms with E-state index in [1.807, 2.05) is 37.3 Å². The van der Waals surface area contributed by atoms with Crippen LogP contribution in [0.1, 0.15) is 22.7 Å². The smallest absolute Gasteiger partial charge is 0.300 e. The van der Waals surface area contributed by atoms with Gasteiger partial charge in [0.15, 0.2) is 11.5 Å². The molecule has 1 heterocycles. The molecular weight excluding hydrogens is 406 g/mol. The Morgan fingerprint density at radius 2 is 1.59 bits per heavy atom. The molecule has 32 heavy (non-hydrogen) atoms. The van der Waals surface area contributed by atoms with E-state index in [2.05, 4.69) is 0 Å². The van der Waals surface area contributed by atoms with Crippen LogP contribution in [0.2, 0.25) is 0 Å². The molecule has 1 N–H and O–H groups in total. The Kier molecular flexibility index (Phi) is 5.69. The number of methoxy groups -OCH3 is 2. The Labute approximate surface area is 186 Å². The molecule has 6 nitrogen and oxygen atoms in total. The van der Waals surface area contributed by atoms with Crippen molar-refractivity contribution in [1.29, 1.82) is 0 Å². The molecule has 1 unspecified atom stereocenters. The largest absolute Gasteiger partial charge is 0.507 e. The SMILES string of the molecule is COc1ccc(/C(O)=C2/C(=O)C(=O)N(c3ccccc3)C2c2cccc(C)c2)cc1OC. The van der Waals surface area contributed by atoms with Gasteiger partial charge in [0.05, 0.1) is 25.8 Å². The van der Waals surface area contributed by atoms with Crippen LogP contribution in [0.4, 0.5) is 5.69 Å². The lowest BCUT2D eigenvalue weighted by atomic mass is 9.94. The molecule has 0 saturated carbocycles. The number of rotatable bonds is 5. The van der Waals surface area contributed by atoms with Gasteiger partial charge in [-0.3, -0.25) is 14.5 Å². The number of amides is 1. The number of hydrogen-bond donors (Lipinski definition) is 1. The molecule has 1 fully saturated rings. The number of benzene rings is 3. The van der Waals surface area contributed by atoms with Gasteiger partial charge in [-0.1, -0.05) is 48.0 Å². The number of carbonyl (C=O) groups excluding carboxylic acids is 2. The van der Waals surface area contributed by atoms with Gasteiger partial charge < -0.3 is 14.6 Å². The maximum atomic E-state index is 13.2.